The first kappa shape index (κ1) is 18.8. The second-order valence-corrected chi connectivity index (χ2v) is 5.24. The minimum atomic E-state index is -1.29. The lowest BCUT2D eigenvalue weighted by Gasteiger charge is -2.18. The maximum Gasteiger partial charge on any atom is 0.325 e. The van der Waals surface area contributed by atoms with Crippen molar-refractivity contribution in [3.05, 3.63) is 0 Å². The van der Waals surface area contributed by atoms with E-state index in [9.17, 15) is 19.2 Å². The second kappa shape index (κ2) is 9.06. The molecule has 130 valence electrons. The van der Waals surface area contributed by atoms with Crippen molar-refractivity contribution >= 4 is 23.7 Å². The SMILES string of the molecule is CC(NC(=O)C(CO)NC(=O)CNC(=O)C1CCCN1)C(=O)O. The molecule has 0 spiro atoms. The minimum absolute atomic E-state index is 0.304. The van der Waals surface area contributed by atoms with Crippen molar-refractivity contribution in [2.45, 2.75) is 37.9 Å². The van der Waals surface area contributed by atoms with Gasteiger partial charge < -0.3 is 31.5 Å². The summed E-state index contributed by atoms with van der Waals surface area (Å²) in [6, 6.07) is -2.76. The van der Waals surface area contributed by atoms with Crippen molar-refractivity contribution in [2.24, 2.45) is 0 Å². The molecule has 3 unspecified atom stereocenters. The summed E-state index contributed by atoms with van der Waals surface area (Å²) in [4.78, 5) is 45.8. The summed E-state index contributed by atoms with van der Waals surface area (Å²) in [5, 5.41) is 27.6. The number of aliphatic hydroxyl groups excluding tert-OH is 1. The molecule has 6 N–H and O–H groups in total. The Morgan fingerprint density at radius 1 is 1.26 bits per heavy atom. The molecule has 0 aliphatic carbocycles. The van der Waals surface area contributed by atoms with Gasteiger partial charge in [-0.3, -0.25) is 19.2 Å². The quantitative estimate of drug-likeness (QED) is 0.275. The molecule has 1 fully saturated rings. The monoisotopic (exact) mass is 330 g/mol. The van der Waals surface area contributed by atoms with Gasteiger partial charge in [-0.25, -0.2) is 0 Å². The van der Waals surface area contributed by atoms with Crippen molar-refractivity contribution in [3.8, 4) is 0 Å². The van der Waals surface area contributed by atoms with Gasteiger partial charge in [0.2, 0.25) is 17.7 Å². The van der Waals surface area contributed by atoms with E-state index in [0.717, 1.165) is 13.0 Å². The zero-order valence-electron chi connectivity index (χ0n) is 12.8. The van der Waals surface area contributed by atoms with Gasteiger partial charge in [0, 0.05) is 0 Å². The highest BCUT2D eigenvalue weighted by Gasteiger charge is 2.25. The van der Waals surface area contributed by atoms with Gasteiger partial charge in [-0.2, -0.15) is 0 Å². The summed E-state index contributed by atoms with van der Waals surface area (Å²) in [5.74, 6) is -3.02. The summed E-state index contributed by atoms with van der Waals surface area (Å²) >= 11 is 0. The number of carboxylic acid groups (broad SMARTS) is 1. The van der Waals surface area contributed by atoms with Crippen LogP contribution in [0, 0.1) is 0 Å². The zero-order valence-corrected chi connectivity index (χ0v) is 12.8. The van der Waals surface area contributed by atoms with E-state index >= 15 is 0 Å². The number of carboxylic acids is 1. The van der Waals surface area contributed by atoms with Crippen molar-refractivity contribution < 1.29 is 29.4 Å². The van der Waals surface area contributed by atoms with Crippen molar-refractivity contribution in [1.82, 2.24) is 21.3 Å². The summed E-state index contributed by atoms with van der Waals surface area (Å²) in [6.07, 6.45) is 1.58. The van der Waals surface area contributed by atoms with Crippen LogP contribution in [0.25, 0.3) is 0 Å². The zero-order chi connectivity index (χ0) is 17.4. The maximum atomic E-state index is 11.7. The van der Waals surface area contributed by atoms with E-state index < -0.39 is 36.5 Å². The molecule has 1 aliphatic heterocycles. The predicted octanol–water partition coefficient (Wildman–Crippen LogP) is -3.08. The third-order valence-electron chi connectivity index (χ3n) is 3.36. The Labute approximate surface area is 133 Å². The predicted molar refractivity (Wildman–Crippen MR) is 78.3 cm³/mol. The minimum Gasteiger partial charge on any atom is -0.480 e. The van der Waals surface area contributed by atoms with E-state index in [2.05, 4.69) is 21.3 Å². The van der Waals surface area contributed by atoms with Crippen LogP contribution >= 0.6 is 0 Å². The lowest BCUT2D eigenvalue weighted by Crippen LogP contribution is -2.54. The standard InChI is InChI=1S/C13H22N4O6/c1-7(13(22)23)16-12(21)9(6-18)17-10(19)5-15-11(20)8-3-2-4-14-8/h7-9,14,18H,2-6H2,1H3,(H,15,20)(H,16,21)(H,17,19)(H,22,23). The van der Waals surface area contributed by atoms with Gasteiger partial charge >= 0.3 is 5.97 Å². The Morgan fingerprint density at radius 2 is 1.96 bits per heavy atom. The number of nitrogens with one attached hydrogen (secondary N) is 4. The number of rotatable bonds is 8. The molecule has 1 rings (SSSR count). The van der Waals surface area contributed by atoms with Crippen LogP contribution in [0.4, 0.5) is 0 Å². The largest absolute Gasteiger partial charge is 0.480 e. The fourth-order valence-corrected chi connectivity index (χ4v) is 2.01. The molecule has 10 nitrogen and oxygen atoms in total. The van der Waals surface area contributed by atoms with Gasteiger partial charge in [0.1, 0.15) is 12.1 Å². The second-order valence-electron chi connectivity index (χ2n) is 5.24. The molecule has 3 amide bonds. The van der Waals surface area contributed by atoms with E-state index in [-0.39, 0.29) is 18.5 Å². The Morgan fingerprint density at radius 3 is 2.48 bits per heavy atom. The van der Waals surface area contributed by atoms with E-state index in [1.54, 1.807) is 0 Å². The molecule has 0 aromatic rings. The molecule has 0 saturated carbocycles. The molecular formula is C13H22N4O6. The fraction of sp³-hybridized carbons (Fsp3) is 0.692. The van der Waals surface area contributed by atoms with Crippen LogP contribution in [-0.2, 0) is 19.2 Å². The maximum absolute atomic E-state index is 11.7. The number of hydrogen-bond donors (Lipinski definition) is 6. The normalized spacial score (nSPS) is 19.5. The van der Waals surface area contributed by atoms with Crippen LogP contribution < -0.4 is 21.3 Å². The molecule has 1 heterocycles. The molecule has 10 heteroatoms. The van der Waals surface area contributed by atoms with E-state index in [0.29, 0.717) is 6.42 Å². The number of carbonyl (C=O) groups excluding carboxylic acids is 3. The van der Waals surface area contributed by atoms with E-state index in [1.165, 1.54) is 6.92 Å². The topological polar surface area (TPSA) is 157 Å². The van der Waals surface area contributed by atoms with Crippen LogP contribution in [0.5, 0.6) is 0 Å². The highest BCUT2D eigenvalue weighted by atomic mass is 16.4. The third kappa shape index (κ3) is 6.20. The van der Waals surface area contributed by atoms with E-state index in [4.69, 9.17) is 10.2 Å². The third-order valence-corrected chi connectivity index (χ3v) is 3.36. The van der Waals surface area contributed by atoms with Gasteiger partial charge in [0.15, 0.2) is 0 Å². The van der Waals surface area contributed by atoms with Crippen LogP contribution in [0.2, 0.25) is 0 Å². The van der Waals surface area contributed by atoms with Crippen molar-refractivity contribution in [2.75, 3.05) is 19.7 Å². The average molecular weight is 330 g/mol. The Hall–Kier alpha value is -2.20. The number of amides is 3. The molecule has 0 aromatic heterocycles. The number of carbonyl (C=O) groups is 4. The lowest BCUT2D eigenvalue weighted by atomic mass is 10.2. The van der Waals surface area contributed by atoms with Crippen LogP contribution in [0.3, 0.4) is 0 Å². The average Bonchev–Trinajstić information content (AvgIpc) is 3.04. The summed E-state index contributed by atoms with van der Waals surface area (Å²) in [5.41, 5.74) is 0. The van der Waals surface area contributed by atoms with Crippen molar-refractivity contribution in [1.29, 1.82) is 0 Å². The molecule has 23 heavy (non-hydrogen) atoms. The van der Waals surface area contributed by atoms with Crippen molar-refractivity contribution in [3.63, 3.8) is 0 Å². The first-order valence-corrected chi connectivity index (χ1v) is 7.29. The molecule has 1 aliphatic rings. The fourth-order valence-electron chi connectivity index (χ4n) is 2.01. The van der Waals surface area contributed by atoms with Gasteiger partial charge in [0.05, 0.1) is 19.2 Å². The lowest BCUT2D eigenvalue weighted by molar-refractivity contribution is -0.142. The smallest absolute Gasteiger partial charge is 0.325 e. The summed E-state index contributed by atoms with van der Waals surface area (Å²) in [7, 11) is 0. The van der Waals surface area contributed by atoms with Gasteiger partial charge in [-0.15, -0.1) is 0 Å². The first-order chi connectivity index (χ1) is 10.8. The number of aliphatic hydroxyl groups is 1. The van der Waals surface area contributed by atoms with Gasteiger partial charge in [-0.1, -0.05) is 0 Å². The first-order valence-electron chi connectivity index (χ1n) is 7.29. The highest BCUT2D eigenvalue weighted by molar-refractivity contribution is 5.92. The number of hydrogen-bond acceptors (Lipinski definition) is 6. The Bertz CT molecular complexity index is 463. The van der Waals surface area contributed by atoms with Crippen LogP contribution in [0.15, 0.2) is 0 Å². The summed E-state index contributed by atoms with van der Waals surface area (Å²) in [6.45, 7) is 0.974. The molecule has 0 radical (unpaired) electrons. The highest BCUT2D eigenvalue weighted by Crippen LogP contribution is 2.04. The van der Waals surface area contributed by atoms with E-state index in [1.807, 2.05) is 0 Å². The van der Waals surface area contributed by atoms with Crippen LogP contribution in [-0.4, -0.2) is 71.7 Å². The number of aliphatic carboxylic acids is 1. The van der Waals surface area contributed by atoms with Gasteiger partial charge in [-0.05, 0) is 26.3 Å². The molecule has 1 saturated heterocycles. The Kier molecular flexibility index (Phi) is 7.42. The molecule has 3 atom stereocenters. The Balaban J connectivity index is 2.38. The molecule has 0 bridgehead atoms. The summed E-state index contributed by atoms with van der Waals surface area (Å²) < 4.78 is 0. The molecule has 0 aromatic carbocycles. The molecular weight excluding hydrogens is 308 g/mol. The van der Waals surface area contributed by atoms with Crippen LogP contribution in [0.1, 0.15) is 19.8 Å². The van der Waals surface area contributed by atoms with Gasteiger partial charge in [0.25, 0.3) is 0 Å².